The Bertz CT molecular complexity index is 2150. The van der Waals surface area contributed by atoms with Crippen LogP contribution in [0, 0.1) is 23.1 Å². The monoisotopic (exact) mass is 806 g/mol. The molecule has 3 atom stereocenters. The molecule has 2 aromatic carbocycles. The molecule has 0 spiro atoms. The summed E-state index contributed by atoms with van der Waals surface area (Å²) >= 11 is 0. The smallest absolute Gasteiger partial charge is 0.322 e. The van der Waals surface area contributed by atoms with E-state index >= 15 is 4.39 Å². The summed E-state index contributed by atoms with van der Waals surface area (Å²) in [5.74, 6) is 0.345. The number of aromatic nitrogens is 1. The van der Waals surface area contributed by atoms with Gasteiger partial charge in [-0.2, -0.15) is 5.26 Å². The predicted molar refractivity (Wildman–Crippen MR) is 220 cm³/mol. The van der Waals surface area contributed by atoms with E-state index in [0.717, 1.165) is 57.1 Å². The molecule has 16 heteroatoms. The average Bonchev–Trinajstić information content (AvgIpc) is 3.55. The minimum absolute atomic E-state index is 0.0485. The Morgan fingerprint density at radius 2 is 1.73 bits per heavy atom. The van der Waals surface area contributed by atoms with Crippen LogP contribution in [0.1, 0.15) is 61.0 Å². The number of carbonyl (C=O) groups excluding carboxylic acids is 4. The van der Waals surface area contributed by atoms with Gasteiger partial charge >= 0.3 is 6.03 Å². The number of amides is 5. The van der Waals surface area contributed by atoms with Crippen molar-refractivity contribution in [3.63, 3.8) is 0 Å². The second-order valence-corrected chi connectivity index (χ2v) is 16.4. The van der Waals surface area contributed by atoms with Crippen LogP contribution >= 0.6 is 0 Å². The lowest BCUT2D eigenvalue weighted by Gasteiger charge is -2.45. The molecule has 8 rings (SSSR count). The highest BCUT2D eigenvalue weighted by Gasteiger charge is 2.40. The van der Waals surface area contributed by atoms with Gasteiger partial charge in [-0.25, -0.2) is 14.2 Å². The quantitative estimate of drug-likeness (QED) is 0.317. The second-order valence-electron chi connectivity index (χ2n) is 16.4. The Hall–Kier alpha value is -5.95. The van der Waals surface area contributed by atoms with Gasteiger partial charge in [0.25, 0.3) is 5.91 Å². The van der Waals surface area contributed by atoms with Crippen molar-refractivity contribution in [3.8, 4) is 11.8 Å². The molecule has 3 aromatic rings. The molecular weight excluding hydrogens is 756 g/mol. The normalized spacial score (nSPS) is 22.9. The van der Waals surface area contributed by atoms with Crippen LogP contribution in [0.15, 0.2) is 48.7 Å². The number of pyridine rings is 1. The van der Waals surface area contributed by atoms with Crippen molar-refractivity contribution in [3.05, 3.63) is 71.2 Å². The third-order valence-corrected chi connectivity index (χ3v) is 12.6. The van der Waals surface area contributed by atoms with Crippen LogP contribution in [0.25, 0.3) is 0 Å². The van der Waals surface area contributed by atoms with Crippen LogP contribution in [0.3, 0.4) is 0 Å². The van der Waals surface area contributed by atoms with E-state index in [-0.39, 0.29) is 54.9 Å². The maximum atomic E-state index is 15.4. The van der Waals surface area contributed by atoms with Crippen LogP contribution in [-0.4, -0.2) is 128 Å². The van der Waals surface area contributed by atoms with Crippen LogP contribution in [0.2, 0.25) is 0 Å². The number of hydrogen-bond donors (Lipinski definition) is 2. The third-order valence-electron chi connectivity index (χ3n) is 12.6. The Kier molecular flexibility index (Phi) is 11.3. The number of carbonyl (C=O) groups is 4. The second kappa shape index (κ2) is 16.7. The number of methoxy groups -OCH3 is 1. The first-order chi connectivity index (χ1) is 28.5. The van der Waals surface area contributed by atoms with Crippen molar-refractivity contribution in [2.45, 2.75) is 64.2 Å². The molecule has 0 unspecified atom stereocenters. The summed E-state index contributed by atoms with van der Waals surface area (Å²) in [4.78, 5) is 67.7. The summed E-state index contributed by atoms with van der Waals surface area (Å²) in [6.45, 7) is 11.3. The van der Waals surface area contributed by atoms with Gasteiger partial charge in [0.2, 0.25) is 11.8 Å². The van der Waals surface area contributed by atoms with Crippen molar-refractivity contribution >= 4 is 46.6 Å². The van der Waals surface area contributed by atoms with Gasteiger partial charge in [-0.15, -0.1) is 0 Å². The number of nitriles is 1. The lowest BCUT2D eigenvalue weighted by molar-refractivity contribution is -0.136. The highest BCUT2D eigenvalue weighted by molar-refractivity contribution is 6.05. The molecule has 0 saturated carbocycles. The molecule has 0 aliphatic carbocycles. The fourth-order valence-electron chi connectivity index (χ4n) is 9.26. The van der Waals surface area contributed by atoms with E-state index in [1.165, 1.54) is 11.0 Å². The lowest BCUT2D eigenvalue weighted by atomic mass is 9.96. The van der Waals surface area contributed by atoms with Crippen molar-refractivity contribution in [1.29, 1.82) is 5.26 Å². The van der Waals surface area contributed by atoms with E-state index in [9.17, 15) is 24.4 Å². The molecule has 59 heavy (non-hydrogen) atoms. The first-order valence-corrected chi connectivity index (χ1v) is 20.6. The van der Waals surface area contributed by atoms with Gasteiger partial charge in [0.05, 0.1) is 30.2 Å². The van der Waals surface area contributed by atoms with Crippen molar-refractivity contribution in [2.24, 2.45) is 5.92 Å². The number of nitrogens with zero attached hydrogens (tertiary/aromatic N) is 8. The predicted octanol–water partition coefficient (Wildman–Crippen LogP) is 4.03. The molecule has 6 heterocycles. The SMILES string of the molecule is COc1cc(N2C[C@@H](C)N(C(=O)Nc3ccc(N4CCC(CN5CCN(c6cc7c(cc6F)C(=O)N([C@H]6CCC(=O)NC6=O)C7)CC5)CC4)nc3)C[C@@H]2C)ccc1C#N. The van der Waals surface area contributed by atoms with Gasteiger partial charge in [-0.3, -0.25) is 24.6 Å². The number of anilines is 4. The van der Waals surface area contributed by atoms with E-state index < -0.39 is 17.8 Å². The number of hydrogen-bond acceptors (Lipinski definition) is 11. The zero-order valence-corrected chi connectivity index (χ0v) is 33.8. The number of nitrogens with one attached hydrogen (secondary N) is 2. The summed E-state index contributed by atoms with van der Waals surface area (Å²) < 4.78 is 20.9. The third kappa shape index (κ3) is 8.21. The van der Waals surface area contributed by atoms with Crippen LogP contribution in [0.4, 0.5) is 32.1 Å². The zero-order valence-electron chi connectivity index (χ0n) is 33.8. The Balaban J connectivity index is 0.779. The molecule has 5 aliphatic rings. The molecule has 0 bridgehead atoms. The average molecular weight is 807 g/mol. The van der Waals surface area contributed by atoms with Crippen LogP contribution in [0.5, 0.6) is 5.75 Å². The maximum Gasteiger partial charge on any atom is 0.322 e. The summed E-state index contributed by atoms with van der Waals surface area (Å²) in [6, 6.07) is 13.8. The standard InChI is InChI=1S/C43H51FN10O5/c1-27-24-53(28(2)23-52(27)33-6-4-30(21-45)38(19-33)59-3)43(58)47-32-5-8-39(46-22-32)51-12-10-29(11-13-51)25-49-14-16-50(17-15-49)37-18-31-26-54(42(57)34(31)20-35(37)44)36-7-9-40(55)48-41(36)56/h4-6,8,18-20,22,27-29,36H,7,9-17,23-26H2,1-3H3,(H,47,58)(H,48,55,56)/t27-,28+,36-/m0/s1. The van der Waals surface area contributed by atoms with Crippen molar-refractivity contribution in [1.82, 2.24) is 25.0 Å². The highest BCUT2D eigenvalue weighted by Crippen LogP contribution is 2.34. The van der Waals surface area contributed by atoms with Gasteiger partial charge in [-0.1, -0.05) is 0 Å². The summed E-state index contributed by atoms with van der Waals surface area (Å²) in [6.07, 6.45) is 4.24. The number of imide groups is 1. The summed E-state index contributed by atoms with van der Waals surface area (Å²) in [5.41, 5.74) is 3.57. The van der Waals surface area contributed by atoms with Gasteiger partial charge in [0.1, 0.15) is 29.5 Å². The number of benzene rings is 2. The first kappa shape index (κ1) is 39.9. The number of piperazine rings is 2. The largest absolute Gasteiger partial charge is 0.495 e. The number of urea groups is 1. The number of ether oxygens (including phenoxy) is 1. The molecule has 1 aromatic heterocycles. The van der Waals surface area contributed by atoms with Crippen molar-refractivity contribution in [2.75, 3.05) is 86.0 Å². The molecule has 0 radical (unpaired) electrons. The van der Waals surface area contributed by atoms with Crippen molar-refractivity contribution < 1.29 is 28.3 Å². The van der Waals surface area contributed by atoms with E-state index in [0.29, 0.717) is 60.3 Å². The Morgan fingerprint density at radius 3 is 2.42 bits per heavy atom. The number of halogens is 1. The lowest BCUT2D eigenvalue weighted by Crippen LogP contribution is -2.59. The summed E-state index contributed by atoms with van der Waals surface area (Å²) in [5, 5.41) is 14.7. The molecule has 310 valence electrons. The molecule has 2 N–H and O–H groups in total. The van der Waals surface area contributed by atoms with Crippen LogP contribution in [-0.2, 0) is 16.1 Å². The molecule has 4 fully saturated rings. The Labute approximate surface area is 343 Å². The fourth-order valence-corrected chi connectivity index (χ4v) is 9.26. The van der Waals surface area contributed by atoms with E-state index in [1.807, 2.05) is 41.0 Å². The van der Waals surface area contributed by atoms with Gasteiger partial charge < -0.3 is 34.6 Å². The maximum absolute atomic E-state index is 15.4. The number of rotatable bonds is 8. The molecule has 5 amide bonds. The summed E-state index contributed by atoms with van der Waals surface area (Å²) in [7, 11) is 1.56. The van der Waals surface area contributed by atoms with Gasteiger partial charge in [0, 0.05) is 101 Å². The van der Waals surface area contributed by atoms with E-state index in [4.69, 9.17) is 9.72 Å². The highest BCUT2D eigenvalue weighted by atomic mass is 19.1. The molecular formula is C43H51FN10O5. The van der Waals surface area contributed by atoms with E-state index in [1.54, 1.807) is 25.4 Å². The molecule has 4 saturated heterocycles. The van der Waals surface area contributed by atoms with E-state index in [2.05, 4.69) is 38.3 Å². The van der Waals surface area contributed by atoms with Gasteiger partial charge in [0.15, 0.2) is 0 Å². The zero-order chi connectivity index (χ0) is 41.4. The topological polar surface area (TPSA) is 158 Å². The minimum atomic E-state index is -0.729. The van der Waals surface area contributed by atoms with Crippen LogP contribution < -0.4 is 30.1 Å². The number of piperidine rings is 2. The molecule has 5 aliphatic heterocycles. The Morgan fingerprint density at radius 1 is 0.949 bits per heavy atom. The fraction of sp³-hybridized carbons (Fsp3) is 0.488. The molecule has 15 nitrogen and oxygen atoms in total. The number of fused-ring (bicyclic) bond motifs is 1. The first-order valence-electron chi connectivity index (χ1n) is 20.6. The van der Waals surface area contributed by atoms with Gasteiger partial charge in [-0.05, 0) is 81.0 Å². The minimum Gasteiger partial charge on any atom is -0.495 e.